The van der Waals surface area contributed by atoms with Crippen molar-refractivity contribution in [3.8, 4) is 0 Å². The summed E-state index contributed by atoms with van der Waals surface area (Å²) in [4.78, 5) is 5.53. The van der Waals surface area contributed by atoms with Crippen molar-refractivity contribution >= 4 is 11.6 Å². The molecule has 1 aromatic rings. The molecule has 6 heteroatoms. The monoisotopic (exact) mass is 245 g/mol. The van der Waals surface area contributed by atoms with Crippen LogP contribution in [0.25, 0.3) is 0 Å². The number of ether oxygens (including phenoxy) is 1. The van der Waals surface area contributed by atoms with Gasteiger partial charge in [-0.15, -0.1) is 0 Å². The Morgan fingerprint density at radius 3 is 2.71 bits per heavy atom. The summed E-state index contributed by atoms with van der Waals surface area (Å²) in [5.74, 6) is -1.19. The van der Waals surface area contributed by atoms with Crippen LogP contribution in [-0.2, 0) is 4.74 Å². The second-order valence-corrected chi connectivity index (χ2v) is 3.64. The predicted molar refractivity (Wildman–Crippen MR) is 63.5 cm³/mol. The second kappa shape index (κ2) is 6.34. The summed E-state index contributed by atoms with van der Waals surface area (Å²) in [6.07, 6.45) is 0.750. The number of anilines is 2. The number of hydrogen-bond donors (Lipinski definition) is 1. The summed E-state index contributed by atoms with van der Waals surface area (Å²) in [5.41, 5.74) is 0. The lowest BCUT2D eigenvalue weighted by Crippen LogP contribution is -2.22. The van der Waals surface area contributed by atoms with Crippen molar-refractivity contribution in [3.63, 3.8) is 0 Å². The van der Waals surface area contributed by atoms with Gasteiger partial charge in [0, 0.05) is 40.4 Å². The minimum absolute atomic E-state index is 0.0417. The third-order valence-corrected chi connectivity index (χ3v) is 2.35. The first-order valence-corrected chi connectivity index (χ1v) is 5.34. The fourth-order valence-electron chi connectivity index (χ4n) is 1.45. The van der Waals surface area contributed by atoms with Crippen LogP contribution in [-0.4, -0.2) is 39.3 Å². The van der Waals surface area contributed by atoms with E-state index in [0.717, 1.165) is 12.5 Å². The molecule has 0 bridgehead atoms. The molecule has 1 rings (SSSR count). The Hall–Kier alpha value is -1.43. The number of hydrogen-bond acceptors (Lipinski definition) is 4. The topological polar surface area (TPSA) is 37.4 Å². The third-order valence-electron chi connectivity index (χ3n) is 2.35. The molecular formula is C11H17F2N3O. The molecule has 1 N–H and O–H groups in total. The molecule has 0 aromatic carbocycles. The van der Waals surface area contributed by atoms with E-state index in [0.29, 0.717) is 13.2 Å². The smallest absolute Gasteiger partial charge is 0.168 e. The van der Waals surface area contributed by atoms with Gasteiger partial charge in [0.1, 0.15) is 0 Å². The summed E-state index contributed by atoms with van der Waals surface area (Å²) in [6.45, 7) is 1.18. The van der Waals surface area contributed by atoms with E-state index in [1.54, 1.807) is 19.1 Å². The highest BCUT2D eigenvalue weighted by Gasteiger charge is 2.14. The van der Waals surface area contributed by atoms with Gasteiger partial charge in [0.05, 0.1) is 0 Å². The Labute approximate surface area is 99.6 Å². The maximum absolute atomic E-state index is 13.5. The summed E-state index contributed by atoms with van der Waals surface area (Å²) in [5, 5.41) is 2.58. The second-order valence-electron chi connectivity index (χ2n) is 3.64. The molecule has 0 unspecified atom stereocenters. The molecule has 0 amide bonds. The maximum Gasteiger partial charge on any atom is 0.168 e. The van der Waals surface area contributed by atoms with Gasteiger partial charge in [-0.3, -0.25) is 0 Å². The molecule has 0 aliphatic heterocycles. The lowest BCUT2D eigenvalue weighted by atomic mass is 10.3. The van der Waals surface area contributed by atoms with Gasteiger partial charge in [0.15, 0.2) is 23.3 Å². The maximum atomic E-state index is 13.5. The van der Waals surface area contributed by atoms with E-state index in [1.165, 1.54) is 7.05 Å². The largest absolute Gasteiger partial charge is 0.385 e. The molecular weight excluding hydrogens is 228 g/mol. The molecule has 0 saturated heterocycles. The summed E-state index contributed by atoms with van der Waals surface area (Å²) in [7, 11) is 4.85. The number of methoxy groups -OCH3 is 1. The number of pyridine rings is 1. The highest BCUT2D eigenvalue weighted by atomic mass is 19.1. The van der Waals surface area contributed by atoms with Crippen LogP contribution in [0.5, 0.6) is 0 Å². The van der Waals surface area contributed by atoms with Crippen LogP contribution in [0.2, 0.25) is 0 Å². The van der Waals surface area contributed by atoms with Crippen LogP contribution in [0.3, 0.4) is 0 Å². The average molecular weight is 245 g/mol. The lowest BCUT2D eigenvalue weighted by Gasteiger charge is -2.19. The first kappa shape index (κ1) is 13.6. The Balaban J connectivity index is 2.81. The quantitative estimate of drug-likeness (QED) is 0.776. The Kier molecular flexibility index (Phi) is 5.09. The number of nitrogens with zero attached hydrogens (tertiary/aromatic N) is 2. The van der Waals surface area contributed by atoms with Crippen molar-refractivity contribution in [2.24, 2.45) is 0 Å². The van der Waals surface area contributed by atoms with Crippen LogP contribution in [0.15, 0.2) is 6.07 Å². The molecule has 1 aromatic heterocycles. The van der Waals surface area contributed by atoms with E-state index in [-0.39, 0.29) is 11.6 Å². The van der Waals surface area contributed by atoms with Crippen LogP contribution >= 0.6 is 0 Å². The number of nitrogens with one attached hydrogen (secondary N) is 1. The van der Waals surface area contributed by atoms with Crippen molar-refractivity contribution < 1.29 is 13.5 Å². The molecule has 96 valence electrons. The Bertz CT molecular complexity index is 374. The van der Waals surface area contributed by atoms with Gasteiger partial charge in [-0.25, -0.2) is 13.8 Å². The van der Waals surface area contributed by atoms with Crippen LogP contribution in [0.1, 0.15) is 6.42 Å². The molecule has 17 heavy (non-hydrogen) atoms. The van der Waals surface area contributed by atoms with Crippen molar-refractivity contribution in [1.82, 2.24) is 4.98 Å². The van der Waals surface area contributed by atoms with Crippen molar-refractivity contribution in [1.29, 1.82) is 0 Å². The summed E-state index contributed by atoms with van der Waals surface area (Å²) in [6, 6.07) is 0.834. The Morgan fingerprint density at radius 1 is 1.41 bits per heavy atom. The van der Waals surface area contributed by atoms with Gasteiger partial charge in [-0.2, -0.15) is 0 Å². The molecule has 0 saturated carbocycles. The SMILES string of the molecule is CNc1nc(N(C)CCCOC)c(F)cc1F. The van der Waals surface area contributed by atoms with Crippen LogP contribution in [0.4, 0.5) is 20.4 Å². The van der Waals surface area contributed by atoms with Gasteiger partial charge >= 0.3 is 0 Å². The molecule has 0 fully saturated rings. The molecule has 0 spiro atoms. The first-order chi connectivity index (χ1) is 8.10. The first-order valence-electron chi connectivity index (χ1n) is 5.34. The fraction of sp³-hybridized carbons (Fsp3) is 0.545. The number of halogens is 2. The molecule has 0 aliphatic rings. The Morgan fingerprint density at radius 2 is 2.12 bits per heavy atom. The minimum atomic E-state index is -0.695. The van der Waals surface area contributed by atoms with Crippen LogP contribution < -0.4 is 10.2 Å². The highest BCUT2D eigenvalue weighted by Crippen LogP contribution is 2.21. The van der Waals surface area contributed by atoms with Crippen molar-refractivity contribution in [2.75, 3.05) is 44.6 Å². The fourth-order valence-corrected chi connectivity index (χ4v) is 1.45. The van der Waals surface area contributed by atoms with E-state index in [1.807, 2.05) is 0 Å². The van der Waals surface area contributed by atoms with Crippen molar-refractivity contribution in [3.05, 3.63) is 17.7 Å². The standard InChI is InChI=1S/C11H17F2N3O/c1-14-10-8(12)7-9(13)11(15-10)16(2)5-4-6-17-3/h7H,4-6H2,1-3H3,(H,14,15). The third kappa shape index (κ3) is 3.52. The minimum Gasteiger partial charge on any atom is -0.385 e. The van der Waals surface area contributed by atoms with Gasteiger partial charge < -0.3 is 15.0 Å². The van der Waals surface area contributed by atoms with E-state index >= 15 is 0 Å². The molecule has 0 atom stereocenters. The predicted octanol–water partition coefficient (Wildman–Crippen LogP) is 1.87. The number of aromatic nitrogens is 1. The molecule has 4 nitrogen and oxygen atoms in total. The van der Waals surface area contributed by atoms with Crippen LogP contribution in [0, 0.1) is 11.6 Å². The van der Waals surface area contributed by atoms with E-state index in [2.05, 4.69) is 10.3 Å². The number of rotatable bonds is 6. The van der Waals surface area contributed by atoms with Gasteiger partial charge in [0.25, 0.3) is 0 Å². The zero-order chi connectivity index (χ0) is 12.8. The van der Waals surface area contributed by atoms with Gasteiger partial charge in [-0.1, -0.05) is 0 Å². The van der Waals surface area contributed by atoms with Gasteiger partial charge in [-0.05, 0) is 6.42 Å². The zero-order valence-corrected chi connectivity index (χ0v) is 10.3. The highest BCUT2D eigenvalue weighted by molar-refractivity contribution is 5.48. The van der Waals surface area contributed by atoms with Gasteiger partial charge in [0.2, 0.25) is 0 Å². The normalized spacial score (nSPS) is 10.4. The zero-order valence-electron chi connectivity index (χ0n) is 10.3. The lowest BCUT2D eigenvalue weighted by molar-refractivity contribution is 0.196. The molecule has 1 heterocycles. The average Bonchev–Trinajstić information content (AvgIpc) is 2.29. The summed E-state index contributed by atoms with van der Waals surface area (Å²) < 4.78 is 31.6. The molecule has 0 radical (unpaired) electrons. The van der Waals surface area contributed by atoms with E-state index in [4.69, 9.17) is 4.74 Å². The summed E-state index contributed by atoms with van der Waals surface area (Å²) >= 11 is 0. The van der Waals surface area contributed by atoms with E-state index in [9.17, 15) is 8.78 Å². The van der Waals surface area contributed by atoms with E-state index < -0.39 is 11.6 Å². The molecule has 0 aliphatic carbocycles. The van der Waals surface area contributed by atoms with Crippen molar-refractivity contribution in [2.45, 2.75) is 6.42 Å².